The van der Waals surface area contributed by atoms with Crippen LogP contribution in [-0.4, -0.2) is 29.5 Å². The third-order valence-corrected chi connectivity index (χ3v) is 4.23. The number of pyridine rings is 1. The van der Waals surface area contributed by atoms with E-state index in [9.17, 15) is 9.59 Å². The average molecular weight is 389 g/mol. The Balaban J connectivity index is 1.60. The fraction of sp³-hybridized carbons (Fsp3) is 0.174. The maximum Gasteiger partial charge on any atom is 0.338 e. The molecule has 0 atom stereocenters. The molecule has 0 radical (unpaired) electrons. The number of amides is 1. The van der Waals surface area contributed by atoms with E-state index in [0.717, 1.165) is 11.4 Å². The van der Waals surface area contributed by atoms with E-state index in [2.05, 4.69) is 41.2 Å². The smallest absolute Gasteiger partial charge is 0.338 e. The summed E-state index contributed by atoms with van der Waals surface area (Å²) in [6.45, 7) is 3.89. The zero-order chi connectivity index (χ0) is 20.6. The van der Waals surface area contributed by atoms with E-state index in [1.807, 2.05) is 42.5 Å². The highest BCUT2D eigenvalue weighted by Gasteiger charge is 2.14. The van der Waals surface area contributed by atoms with Gasteiger partial charge in [0, 0.05) is 35.5 Å². The van der Waals surface area contributed by atoms with Crippen LogP contribution < -0.4 is 10.2 Å². The van der Waals surface area contributed by atoms with Crippen LogP contribution in [0.3, 0.4) is 0 Å². The van der Waals surface area contributed by atoms with Gasteiger partial charge in [-0.05, 0) is 62.4 Å². The lowest BCUT2D eigenvalue weighted by molar-refractivity contribution is -0.119. The van der Waals surface area contributed by atoms with E-state index in [0.29, 0.717) is 11.3 Å². The molecule has 1 heterocycles. The number of benzene rings is 2. The summed E-state index contributed by atoms with van der Waals surface area (Å²) in [6.07, 6.45) is 2.99. The molecular formula is C23H23N3O3. The van der Waals surface area contributed by atoms with Crippen LogP contribution in [0, 0.1) is 0 Å². The van der Waals surface area contributed by atoms with Crippen LogP contribution >= 0.6 is 0 Å². The van der Waals surface area contributed by atoms with Crippen molar-refractivity contribution in [3.05, 3.63) is 84.7 Å². The number of carbonyl (C=O) groups is 2. The zero-order valence-corrected chi connectivity index (χ0v) is 16.4. The van der Waals surface area contributed by atoms with E-state index in [-0.39, 0.29) is 12.6 Å². The first-order valence-electron chi connectivity index (χ1n) is 9.36. The minimum Gasteiger partial charge on any atom is -0.452 e. The third kappa shape index (κ3) is 5.42. The second-order valence-corrected chi connectivity index (χ2v) is 6.71. The summed E-state index contributed by atoms with van der Waals surface area (Å²) in [4.78, 5) is 30.0. The first-order valence-corrected chi connectivity index (χ1v) is 9.36. The molecule has 0 aliphatic carbocycles. The first-order chi connectivity index (χ1) is 14.0. The Morgan fingerprint density at radius 3 is 2.17 bits per heavy atom. The molecule has 0 fully saturated rings. The predicted octanol–water partition coefficient (Wildman–Crippen LogP) is 4.42. The summed E-state index contributed by atoms with van der Waals surface area (Å²) in [5, 5.41) is 2.74. The number of nitrogens with zero attached hydrogens (tertiary/aromatic N) is 2. The van der Waals surface area contributed by atoms with Crippen molar-refractivity contribution in [3.8, 4) is 0 Å². The van der Waals surface area contributed by atoms with Crippen molar-refractivity contribution in [1.82, 2.24) is 4.98 Å². The molecule has 0 unspecified atom stereocenters. The second-order valence-electron chi connectivity index (χ2n) is 6.71. The molecule has 1 N–H and O–H groups in total. The summed E-state index contributed by atoms with van der Waals surface area (Å²) >= 11 is 0. The van der Waals surface area contributed by atoms with Crippen LogP contribution in [0.2, 0.25) is 0 Å². The third-order valence-electron chi connectivity index (χ3n) is 4.23. The van der Waals surface area contributed by atoms with Crippen LogP contribution in [0.25, 0.3) is 0 Å². The minimum atomic E-state index is -0.562. The number of hydrogen-bond acceptors (Lipinski definition) is 5. The number of anilines is 3. The van der Waals surface area contributed by atoms with E-state index < -0.39 is 11.9 Å². The molecule has 2 aromatic carbocycles. The predicted molar refractivity (Wildman–Crippen MR) is 113 cm³/mol. The number of hydrogen-bond donors (Lipinski definition) is 1. The fourth-order valence-electron chi connectivity index (χ4n) is 2.94. The van der Waals surface area contributed by atoms with Gasteiger partial charge >= 0.3 is 5.97 Å². The van der Waals surface area contributed by atoms with Gasteiger partial charge in [0.25, 0.3) is 5.91 Å². The van der Waals surface area contributed by atoms with E-state index in [1.165, 1.54) is 24.5 Å². The molecule has 148 valence electrons. The lowest BCUT2D eigenvalue weighted by Crippen LogP contribution is -2.25. The second kappa shape index (κ2) is 9.50. The van der Waals surface area contributed by atoms with Crippen LogP contribution in [-0.2, 0) is 9.53 Å². The number of ether oxygens (including phenoxy) is 1. The van der Waals surface area contributed by atoms with Crippen molar-refractivity contribution in [2.45, 2.75) is 19.9 Å². The SMILES string of the molecule is CC(C)N(c1ccccc1)c1ccc(NC(=O)COC(=O)c2ccncc2)cc1. The van der Waals surface area contributed by atoms with E-state index in [1.54, 1.807) is 0 Å². The molecule has 0 saturated heterocycles. The number of esters is 1. The Morgan fingerprint density at radius 1 is 0.931 bits per heavy atom. The molecule has 29 heavy (non-hydrogen) atoms. The molecule has 3 rings (SSSR count). The first kappa shape index (κ1) is 20.1. The number of nitrogens with one attached hydrogen (secondary N) is 1. The van der Waals surface area contributed by atoms with Crippen LogP contribution in [0.4, 0.5) is 17.1 Å². The average Bonchev–Trinajstić information content (AvgIpc) is 2.74. The van der Waals surface area contributed by atoms with Gasteiger partial charge in [-0.2, -0.15) is 0 Å². The molecule has 3 aromatic rings. The van der Waals surface area contributed by atoms with Crippen molar-refractivity contribution >= 4 is 28.9 Å². The molecule has 0 aliphatic heterocycles. The van der Waals surface area contributed by atoms with Gasteiger partial charge in [0.2, 0.25) is 0 Å². The molecule has 0 aliphatic rings. The molecule has 0 saturated carbocycles. The Bertz CT molecular complexity index is 942. The van der Waals surface area contributed by atoms with Crippen molar-refractivity contribution < 1.29 is 14.3 Å². The highest BCUT2D eigenvalue weighted by Crippen LogP contribution is 2.28. The van der Waals surface area contributed by atoms with Gasteiger partial charge in [-0.3, -0.25) is 9.78 Å². The fourth-order valence-corrected chi connectivity index (χ4v) is 2.94. The lowest BCUT2D eigenvalue weighted by atomic mass is 10.2. The topological polar surface area (TPSA) is 71.5 Å². The summed E-state index contributed by atoms with van der Waals surface area (Å²) < 4.78 is 5.03. The lowest BCUT2D eigenvalue weighted by Gasteiger charge is -2.29. The highest BCUT2D eigenvalue weighted by atomic mass is 16.5. The van der Waals surface area contributed by atoms with Crippen LogP contribution in [0.1, 0.15) is 24.2 Å². The van der Waals surface area contributed by atoms with Gasteiger partial charge < -0.3 is 15.0 Å². The maximum absolute atomic E-state index is 12.1. The Labute approximate surface area is 170 Å². The summed E-state index contributed by atoms with van der Waals surface area (Å²) in [5.41, 5.74) is 3.11. The number of rotatable bonds is 7. The summed E-state index contributed by atoms with van der Waals surface area (Å²) in [7, 11) is 0. The highest BCUT2D eigenvalue weighted by molar-refractivity contribution is 5.95. The summed E-state index contributed by atoms with van der Waals surface area (Å²) in [5.74, 6) is -0.961. The van der Waals surface area contributed by atoms with Gasteiger partial charge in [0.05, 0.1) is 5.56 Å². The normalized spacial score (nSPS) is 10.4. The number of aromatic nitrogens is 1. The van der Waals surface area contributed by atoms with Crippen LogP contribution in [0.15, 0.2) is 79.1 Å². The molecule has 6 heteroatoms. The van der Waals surface area contributed by atoms with Crippen molar-refractivity contribution in [1.29, 1.82) is 0 Å². The van der Waals surface area contributed by atoms with Crippen molar-refractivity contribution in [3.63, 3.8) is 0 Å². The van der Waals surface area contributed by atoms with Crippen LogP contribution in [0.5, 0.6) is 0 Å². The minimum absolute atomic E-state index is 0.269. The monoisotopic (exact) mass is 389 g/mol. The van der Waals surface area contributed by atoms with Gasteiger partial charge in [0.15, 0.2) is 6.61 Å². The Morgan fingerprint density at radius 2 is 1.55 bits per heavy atom. The number of carbonyl (C=O) groups excluding carboxylic acids is 2. The molecule has 6 nitrogen and oxygen atoms in total. The van der Waals surface area contributed by atoms with Crippen molar-refractivity contribution in [2.24, 2.45) is 0 Å². The van der Waals surface area contributed by atoms with E-state index in [4.69, 9.17) is 4.74 Å². The van der Waals surface area contributed by atoms with Gasteiger partial charge in [-0.25, -0.2) is 4.79 Å². The van der Waals surface area contributed by atoms with E-state index >= 15 is 0 Å². The molecule has 1 aromatic heterocycles. The molecular weight excluding hydrogens is 366 g/mol. The molecule has 1 amide bonds. The maximum atomic E-state index is 12.1. The van der Waals surface area contributed by atoms with Gasteiger partial charge in [-0.15, -0.1) is 0 Å². The zero-order valence-electron chi connectivity index (χ0n) is 16.4. The summed E-state index contributed by atoms with van der Waals surface area (Å²) in [6, 6.07) is 21.0. The Kier molecular flexibility index (Phi) is 6.58. The molecule has 0 spiro atoms. The number of para-hydroxylation sites is 1. The van der Waals surface area contributed by atoms with Gasteiger partial charge in [0.1, 0.15) is 0 Å². The largest absolute Gasteiger partial charge is 0.452 e. The van der Waals surface area contributed by atoms with Gasteiger partial charge in [-0.1, -0.05) is 18.2 Å². The molecule has 0 bridgehead atoms. The van der Waals surface area contributed by atoms with Crippen molar-refractivity contribution in [2.75, 3.05) is 16.8 Å². The quantitative estimate of drug-likeness (QED) is 0.606. The Hall–Kier alpha value is -3.67. The standard InChI is InChI=1S/C23H23N3O3/c1-17(2)26(20-6-4-3-5-7-20)21-10-8-19(9-11-21)25-22(27)16-29-23(28)18-12-14-24-15-13-18/h3-15,17H,16H2,1-2H3,(H,25,27).